The van der Waals surface area contributed by atoms with Crippen LogP contribution in [0.1, 0.15) is 92.4 Å². The molecule has 158 valence electrons. The lowest BCUT2D eigenvalue weighted by Crippen LogP contribution is -2.38. The van der Waals surface area contributed by atoms with Crippen molar-refractivity contribution in [3.05, 3.63) is 0 Å². The zero-order valence-electron chi connectivity index (χ0n) is 18.3. The molecule has 1 aliphatic rings. The van der Waals surface area contributed by atoms with Crippen molar-refractivity contribution in [2.75, 3.05) is 13.2 Å². The van der Waals surface area contributed by atoms with Gasteiger partial charge in [0, 0.05) is 0 Å². The van der Waals surface area contributed by atoms with Crippen molar-refractivity contribution in [2.45, 2.75) is 92.4 Å². The predicted octanol–water partition coefficient (Wildman–Crippen LogP) is 5.78. The number of hydrogen-bond acceptors (Lipinski definition) is 4. The summed E-state index contributed by atoms with van der Waals surface area (Å²) in [6.07, 6.45) is 9.21. The number of carbonyl (C=O) groups excluding carboxylic acids is 2. The number of ether oxygens (including phenoxy) is 2. The summed E-state index contributed by atoms with van der Waals surface area (Å²) in [7, 11) is 0. The van der Waals surface area contributed by atoms with Gasteiger partial charge in [0.2, 0.25) is 0 Å². The molecule has 1 saturated carbocycles. The number of unbranched alkanes of at least 4 members (excludes halogenated alkanes) is 2. The molecule has 0 aliphatic heterocycles. The van der Waals surface area contributed by atoms with E-state index < -0.39 is 0 Å². The zero-order valence-corrected chi connectivity index (χ0v) is 18.3. The van der Waals surface area contributed by atoms with Gasteiger partial charge in [-0.25, -0.2) is 0 Å². The van der Waals surface area contributed by atoms with Gasteiger partial charge < -0.3 is 9.47 Å². The molecule has 1 fully saturated rings. The van der Waals surface area contributed by atoms with Crippen molar-refractivity contribution in [1.29, 1.82) is 0 Å². The van der Waals surface area contributed by atoms with Crippen molar-refractivity contribution in [3.63, 3.8) is 0 Å². The minimum absolute atomic E-state index is 0.203. The molecule has 0 heterocycles. The molecular formula is C23H42O4. The molecule has 4 heteroatoms. The first kappa shape index (κ1) is 24.0. The first-order valence-electron chi connectivity index (χ1n) is 11.2. The summed E-state index contributed by atoms with van der Waals surface area (Å²) < 4.78 is 11.2. The Morgan fingerprint density at radius 2 is 1.33 bits per heavy atom. The summed E-state index contributed by atoms with van der Waals surface area (Å²) in [6, 6.07) is 0. The monoisotopic (exact) mass is 382 g/mol. The van der Waals surface area contributed by atoms with Crippen LogP contribution in [0.2, 0.25) is 0 Å². The van der Waals surface area contributed by atoms with Gasteiger partial charge in [0.15, 0.2) is 0 Å². The van der Waals surface area contributed by atoms with Crippen molar-refractivity contribution >= 4 is 11.9 Å². The first-order chi connectivity index (χ1) is 12.9. The predicted molar refractivity (Wildman–Crippen MR) is 109 cm³/mol. The Balaban J connectivity index is 2.54. The van der Waals surface area contributed by atoms with Gasteiger partial charge in [0.25, 0.3) is 0 Å². The summed E-state index contributed by atoms with van der Waals surface area (Å²) in [5.74, 6) is 0.120. The Hall–Kier alpha value is -1.06. The number of carbonyl (C=O) groups is 2. The van der Waals surface area contributed by atoms with Gasteiger partial charge in [0.1, 0.15) is 0 Å². The molecule has 0 saturated heterocycles. The Labute approximate surface area is 166 Å². The van der Waals surface area contributed by atoms with Crippen LogP contribution in [0, 0.1) is 29.6 Å². The van der Waals surface area contributed by atoms with E-state index in [4.69, 9.17) is 9.47 Å². The van der Waals surface area contributed by atoms with E-state index in [-0.39, 0.29) is 23.8 Å². The Morgan fingerprint density at radius 1 is 0.852 bits per heavy atom. The second kappa shape index (κ2) is 13.2. The summed E-state index contributed by atoms with van der Waals surface area (Å²) in [4.78, 5) is 25.3. The third-order valence-corrected chi connectivity index (χ3v) is 5.84. The Morgan fingerprint density at radius 3 is 1.81 bits per heavy atom. The fourth-order valence-corrected chi connectivity index (χ4v) is 3.86. The van der Waals surface area contributed by atoms with Crippen molar-refractivity contribution in [3.8, 4) is 0 Å². The normalized spacial score (nSPS) is 24.9. The highest BCUT2D eigenvalue weighted by Crippen LogP contribution is 2.35. The molecule has 5 atom stereocenters. The van der Waals surface area contributed by atoms with Crippen LogP contribution >= 0.6 is 0 Å². The van der Waals surface area contributed by atoms with E-state index in [1.165, 1.54) is 0 Å². The van der Waals surface area contributed by atoms with Gasteiger partial charge in [-0.3, -0.25) is 9.59 Å². The molecule has 27 heavy (non-hydrogen) atoms. The topological polar surface area (TPSA) is 52.6 Å². The first-order valence-corrected chi connectivity index (χ1v) is 11.2. The highest BCUT2D eigenvalue weighted by Gasteiger charge is 2.40. The maximum atomic E-state index is 12.7. The molecule has 0 bridgehead atoms. The van der Waals surface area contributed by atoms with Crippen LogP contribution in [0.5, 0.6) is 0 Å². The molecule has 0 aromatic heterocycles. The quantitative estimate of drug-likeness (QED) is 0.402. The average Bonchev–Trinajstić information content (AvgIpc) is 2.66. The van der Waals surface area contributed by atoms with E-state index in [9.17, 15) is 9.59 Å². The molecular weight excluding hydrogens is 340 g/mol. The van der Waals surface area contributed by atoms with Gasteiger partial charge in [0.05, 0.1) is 25.0 Å². The Bertz CT molecular complexity index is 434. The van der Waals surface area contributed by atoms with Gasteiger partial charge >= 0.3 is 11.9 Å². The Kier molecular flexibility index (Phi) is 11.7. The van der Waals surface area contributed by atoms with Crippen LogP contribution in [0.15, 0.2) is 0 Å². The van der Waals surface area contributed by atoms with Gasteiger partial charge in [-0.05, 0) is 49.9 Å². The van der Waals surface area contributed by atoms with Gasteiger partial charge in [-0.15, -0.1) is 0 Å². The minimum atomic E-state index is -0.342. The minimum Gasteiger partial charge on any atom is -0.465 e. The molecule has 0 aromatic carbocycles. The third-order valence-electron chi connectivity index (χ3n) is 5.84. The molecule has 0 amide bonds. The standard InChI is InChI=1S/C23H42O4/c1-6-8-10-18(4)15-26-22(24)20-13-12-17(3)14-21(20)23(25)27-16-19(5)11-9-7-2/h17-21H,6-16H2,1-5H3. The van der Waals surface area contributed by atoms with E-state index in [1.807, 2.05) is 0 Å². The van der Waals surface area contributed by atoms with Crippen LogP contribution in [0.25, 0.3) is 0 Å². The van der Waals surface area contributed by atoms with E-state index in [2.05, 4.69) is 34.6 Å². The van der Waals surface area contributed by atoms with Crippen molar-refractivity contribution < 1.29 is 19.1 Å². The second-order valence-electron chi connectivity index (χ2n) is 8.89. The van der Waals surface area contributed by atoms with Crippen molar-refractivity contribution in [1.82, 2.24) is 0 Å². The molecule has 0 aromatic rings. The molecule has 0 N–H and O–H groups in total. The lowest BCUT2D eigenvalue weighted by Gasteiger charge is -2.32. The second-order valence-corrected chi connectivity index (χ2v) is 8.89. The molecule has 0 radical (unpaired) electrons. The molecule has 1 rings (SSSR count). The average molecular weight is 383 g/mol. The molecule has 1 aliphatic carbocycles. The largest absolute Gasteiger partial charge is 0.465 e. The number of hydrogen-bond donors (Lipinski definition) is 0. The van der Waals surface area contributed by atoms with Gasteiger partial charge in [-0.2, -0.15) is 0 Å². The van der Waals surface area contributed by atoms with Crippen molar-refractivity contribution in [2.24, 2.45) is 29.6 Å². The van der Waals surface area contributed by atoms with Gasteiger partial charge in [-0.1, -0.05) is 60.3 Å². The van der Waals surface area contributed by atoms with E-state index >= 15 is 0 Å². The third kappa shape index (κ3) is 9.12. The molecule has 5 unspecified atom stereocenters. The number of esters is 2. The zero-order chi connectivity index (χ0) is 20.2. The lowest BCUT2D eigenvalue weighted by molar-refractivity contribution is -0.165. The van der Waals surface area contributed by atoms with Crippen LogP contribution in [0.3, 0.4) is 0 Å². The van der Waals surface area contributed by atoms with E-state index in [1.54, 1.807) is 0 Å². The molecule has 4 nitrogen and oxygen atoms in total. The smallest absolute Gasteiger partial charge is 0.309 e. The fraction of sp³-hybridized carbons (Fsp3) is 0.913. The summed E-state index contributed by atoms with van der Waals surface area (Å²) in [5, 5.41) is 0. The lowest BCUT2D eigenvalue weighted by atomic mass is 9.74. The number of rotatable bonds is 12. The summed E-state index contributed by atoms with van der Waals surface area (Å²) in [6.45, 7) is 11.6. The summed E-state index contributed by atoms with van der Waals surface area (Å²) in [5.41, 5.74) is 0. The van der Waals surface area contributed by atoms with Crippen LogP contribution in [-0.4, -0.2) is 25.2 Å². The van der Waals surface area contributed by atoms with E-state index in [0.29, 0.717) is 31.0 Å². The maximum Gasteiger partial charge on any atom is 0.309 e. The SMILES string of the molecule is CCCCC(C)COC(=O)C1CCC(C)CC1C(=O)OCC(C)CCCC. The maximum absolute atomic E-state index is 12.7. The fourth-order valence-electron chi connectivity index (χ4n) is 3.86. The van der Waals surface area contributed by atoms with Crippen LogP contribution in [-0.2, 0) is 19.1 Å². The molecule has 0 spiro atoms. The van der Waals surface area contributed by atoms with E-state index in [0.717, 1.165) is 57.8 Å². The highest BCUT2D eigenvalue weighted by atomic mass is 16.5. The summed E-state index contributed by atoms with van der Waals surface area (Å²) >= 11 is 0. The highest BCUT2D eigenvalue weighted by molar-refractivity contribution is 5.82. The van der Waals surface area contributed by atoms with Crippen LogP contribution in [0.4, 0.5) is 0 Å². The van der Waals surface area contributed by atoms with Crippen LogP contribution < -0.4 is 0 Å².